The number of ketones is 2. The number of hydrogen-bond acceptors (Lipinski definition) is 4. The summed E-state index contributed by atoms with van der Waals surface area (Å²) in [5.74, 6) is 0.0117. The standard InChI is InChI=1S/C13H11ClO2S2/c1-8-4-12(17-6-8)10(15)2-3-11(16)13-5-9(14)7-18-13/h4-7H,2-3H2,1H3. The minimum Gasteiger partial charge on any atom is -0.293 e. The van der Waals surface area contributed by atoms with Crippen molar-refractivity contribution in [3.63, 3.8) is 0 Å². The summed E-state index contributed by atoms with van der Waals surface area (Å²) in [6.45, 7) is 1.95. The molecule has 2 heterocycles. The largest absolute Gasteiger partial charge is 0.293 e. The zero-order chi connectivity index (χ0) is 13.1. The van der Waals surface area contributed by atoms with Gasteiger partial charge in [0.2, 0.25) is 0 Å². The van der Waals surface area contributed by atoms with Gasteiger partial charge < -0.3 is 0 Å². The molecule has 0 saturated carbocycles. The lowest BCUT2D eigenvalue weighted by molar-refractivity contribution is 0.0921. The van der Waals surface area contributed by atoms with Crippen molar-refractivity contribution < 1.29 is 9.59 Å². The maximum absolute atomic E-state index is 11.8. The van der Waals surface area contributed by atoms with Gasteiger partial charge in [0.15, 0.2) is 11.6 Å². The molecule has 0 radical (unpaired) electrons. The molecule has 94 valence electrons. The molecule has 18 heavy (non-hydrogen) atoms. The van der Waals surface area contributed by atoms with Gasteiger partial charge in [-0.1, -0.05) is 11.6 Å². The Morgan fingerprint density at radius 1 is 1.06 bits per heavy atom. The lowest BCUT2D eigenvalue weighted by Gasteiger charge is -1.97. The number of Topliss-reactive ketones (excluding diaryl/α,β-unsaturated/α-hetero) is 2. The summed E-state index contributed by atoms with van der Waals surface area (Å²) in [6, 6.07) is 3.51. The first-order valence-corrected chi connectivity index (χ1v) is 7.55. The molecule has 0 aliphatic rings. The summed E-state index contributed by atoms with van der Waals surface area (Å²) in [5.41, 5.74) is 1.08. The van der Waals surface area contributed by atoms with Gasteiger partial charge in [0.25, 0.3) is 0 Å². The van der Waals surface area contributed by atoms with Gasteiger partial charge in [-0.3, -0.25) is 9.59 Å². The van der Waals surface area contributed by atoms with E-state index in [2.05, 4.69) is 0 Å². The fourth-order valence-corrected chi connectivity index (χ4v) is 3.42. The van der Waals surface area contributed by atoms with Crippen LogP contribution in [-0.2, 0) is 0 Å². The highest BCUT2D eigenvalue weighted by Crippen LogP contribution is 2.22. The van der Waals surface area contributed by atoms with E-state index in [1.165, 1.54) is 22.7 Å². The molecule has 2 rings (SSSR count). The Balaban J connectivity index is 1.92. The molecular formula is C13H11ClO2S2. The van der Waals surface area contributed by atoms with Gasteiger partial charge in [-0.05, 0) is 30.0 Å². The van der Waals surface area contributed by atoms with E-state index in [0.29, 0.717) is 9.90 Å². The Kier molecular flexibility index (Phi) is 4.32. The third-order valence-corrected chi connectivity index (χ3v) is 4.83. The van der Waals surface area contributed by atoms with Crippen molar-refractivity contribution in [1.29, 1.82) is 0 Å². The van der Waals surface area contributed by atoms with Crippen LogP contribution in [0.4, 0.5) is 0 Å². The quantitative estimate of drug-likeness (QED) is 0.755. The summed E-state index contributed by atoms with van der Waals surface area (Å²) in [4.78, 5) is 25.0. The van der Waals surface area contributed by atoms with E-state index in [9.17, 15) is 9.59 Å². The van der Waals surface area contributed by atoms with Crippen LogP contribution < -0.4 is 0 Å². The van der Waals surface area contributed by atoms with Crippen LogP contribution in [0.25, 0.3) is 0 Å². The minimum atomic E-state index is -0.0199. The van der Waals surface area contributed by atoms with Crippen LogP contribution in [0.2, 0.25) is 5.02 Å². The minimum absolute atomic E-state index is 0.0199. The third-order valence-electron chi connectivity index (χ3n) is 2.43. The van der Waals surface area contributed by atoms with Crippen LogP contribution in [0.5, 0.6) is 0 Å². The van der Waals surface area contributed by atoms with Gasteiger partial charge in [-0.15, -0.1) is 22.7 Å². The molecule has 5 heteroatoms. The van der Waals surface area contributed by atoms with Crippen LogP contribution in [0.1, 0.15) is 37.7 Å². The summed E-state index contributed by atoms with van der Waals surface area (Å²) >= 11 is 8.51. The molecule has 0 aliphatic carbocycles. The highest BCUT2D eigenvalue weighted by atomic mass is 35.5. The lowest BCUT2D eigenvalue weighted by atomic mass is 10.1. The second-order valence-electron chi connectivity index (χ2n) is 3.96. The molecule has 0 N–H and O–H groups in total. The average Bonchev–Trinajstić information content (AvgIpc) is 2.94. The Morgan fingerprint density at radius 2 is 1.61 bits per heavy atom. The average molecular weight is 299 g/mol. The first kappa shape index (κ1) is 13.5. The number of aryl methyl sites for hydroxylation is 1. The number of halogens is 1. The Labute approximate surface area is 118 Å². The summed E-state index contributed by atoms with van der Waals surface area (Å²) in [5, 5.41) is 4.23. The molecule has 2 aromatic heterocycles. The van der Waals surface area contributed by atoms with Crippen molar-refractivity contribution in [2.45, 2.75) is 19.8 Å². The molecule has 0 atom stereocenters. The number of carbonyl (C=O) groups is 2. The molecule has 2 aromatic rings. The van der Waals surface area contributed by atoms with Gasteiger partial charge in [0.1, 0.15) is 0 Å². The Bertz CT molecular complexity index is 531. The summed E-state index contributed by atoms with van der Waals surface area (Å²) < 4.78 is 0. The fraction of sp³-hybridized carbons (Fsp3) is 0.231. The summed E-state index contributed by atoms with van der Waals surface area (Å²) in [6.07, 6.45) is 0.501. The van der Waals surface area contributed by atoms with E-state index in [4.69, 9.17) is 11.6 Å². The topological polar surface area (TPSA) is 34.1 Å². The number of carbonyl (C=O) groups excluding carboxylic acids is 2. The van der Waals surface area contributed by atoms with Crippen LogP contribution in [0.15, 0.2) is 22.9 Å². The maximum atomic E-state index is 11.8. The zero-order valence-electron chi connectivity index (χ0n) is 9.73. The normalized spacial score (nSPS) is 10.6. The van der Waals surface area contributed by atoms with Crippen LogP contribution in [0, 0.1) is 6.92 Å². The molecular weight excluding hydrogens is 288 g/mol. The van der Waals surface area contributed by atoms with E-state index in [1.54, 1.807) is 11.4 Å². The van der Waals surface area contributed by atoms with E-state index < -0.39 is 0 Å². The molecule has 0 amide bonds. The smallest absolute Gasteiger partial charge is 0.173 e. The molecule has 0 fully saturated rings. The highest BCUT2D eigenvalue weighted by Gasteiger charge is 2.13. The first-order chi connectivity index (χ1) is 8.56. The van der Waals surface area contributed by atoms with Crippen molar-refractivity contribution in [2.24, 2.45) is 0 Å². The van der Waals surface area contributed by atoms with Crippen LogP contribution in [0.3, 0.4) is 0 Å². The second kappa shape index (κ2) is 5.78. The van der Waals surface area contributed by atoms with Crippen LogP contribution >= 0.6 is 34.3 Å². The van der Waals surface area contributed by atoms with Crippen molar-refractivity contribution in [3.8, 4) is 0 Å². The first-order valence-electron chi connectivity index (χ1n) is 5.42. The van der Waals surface area contributed by atoms with Crippen molar-refractivity contribution in [1.82, 2.24) is 0 Å². The fourth-order valence-electron chi connectivity index (χ4n) is 1.51. The van der Waals surface area contributed by atoms with Crippen molar-refractivity contribution in [3.05, 3.63) is 43.2 Å². The predicted octanol–water partition coefficient (Wildman–Crippen LogP) is 4.62. The van der Waals surface area contributed by atoms with Gasteiger partial charge >= 0.3 is 0 Å². The Hall–Kier alpha value is -0.970. The molecule has 0 aromatic carbocycles. The number of rotatable bonds is 5. The van der Waals surface area contributed by atoms with E-state index >= 15 is 0 Å². The molecule has 0 unspecified atom stereocenters. The van der Waals surface area contributed by atoms with Gasteiger partial charge in [-0.2, -0.15) is 0 Å². The van der Waals surface area contributed by atoms with E-state index in [-0.39, 0.29) is 24.4 Å². The third kappa shape index (κ3) is 3.28. The van der Waals surface area contributed by atoms with Gasteiger partial charge in [-0.25, -0.2) is 0 Å². The molecule has 0 aliphatic heterocycles. The summed E-state index contributed by atoms with van der Waals surface area (Å²) in [7, 11) is 0. The SMILES string of the molecule is Cc1csc(C(=O)CCC(=O)c2cc(Cl)cs2)c1. The van der Waals surface area contributed by atoms with Gasteiger partial charge in [0, 0.05) is 18.2 Å². The van der Waals surface area contributed by atoms with E-state index in [0.717, 1.165) is 10.4 Å². The zero-order valence-corrected chi connectivity index (χ0v) is 12.1. The maximum Gasteiger partial charge on any atom is 0.173 e. The van der Waals surface area contributed by atoms with E-state index in [1.807, 2.05) is 18.4 Å². The molecule has 0 bridgehead atoms. The van der Waals surface area contributed by atoms with Crippen molar-refractivity contribution in [2.75, 3.05) is 0 Å². The molecule has 2 nitrogen and oxygen atoms in total. The highest BCUT2D eigenvalue weighted by molar-refractivity contribution is 7.12. The van der Waals surface area contributed by atoms with Crippen LogP contribution in [-0.4, -0.2) is 11.6 Å². The van der Waals surface area contributed by atoms with Crippen molar-refractivity contribution >= 4 is 45.8 Å². The molecule has 0 saturated heterocycles. The monoisotopic (exact) mass is 298 g/mol. The van der Waals surface area contributed by atoms with Gasteiger partial charge in [0.05, 0.1) is 14.8 Å². The predicted molar refractivity (Wildman–Crippen MR) is 76.3 cm³/mol. The lowest BCUT2D eigenvalue weighted by Crippen LogP contribution is -2.02. The Morgan fingerprint density at radius 3 is 2.06 bits per heavy atom. The number of thiophene rings is 2. The second-order valence-corrected chi connectivity index (χ2v) is 6.22. The number of hydrogen-bond donors (Lipinski definition) is 0. The molecule has 0 spiro atoms.